The number of fused-ring (bicyclic) bond motifs is 1. The van der Waals surface area contributed by atoms with Crippen LogP contribution in [-0.4, -0.2) is 12.6 Å². The third-order valence-electron chi connectivity index (χ3n) is 3.78. The average Bonchev–Trinajstić information content (AvgIpc) is 2.60. The van der Waals surface area contributed by atoms with Gasteiger partial charge in [-0.05, 0) is 31.5 Å². The van der Waals surface area contributed by atoms with E-state index in [2.05, 4.69) is 0 Å². The minimum absolute atomic E-state index is 0.261. The van der Waals surface area contributed by atoms with Crippen LogP contribution in [0, 0.1) is 6.92 Å². The lowest BCUT2D eigenvalue weighted by atomic mass is 10.1. The monoisotopic (exact) mass is 338 g/mol. The van der Waals surface area contributed by atoms with Crippen molar-refractivity contribution in [2.24, 2.45) is 0 Å². The lowest BCUT2D eigenvalue weighted by Gasteiger charge is -2.18. The van der Waals surface area contributed by atoms with Gasteiger partial charge in [-0.15, -0.1) is 0 Å². The second-order valence-corrected chi connectivity index (χ2v) is 5.57. The zero-order valence-corrected chi connectivity index (χ0v) is 14.0. The molecule has 1 aromatic heterocycles. The molecule has 3 aromatic rings. The molecule has 25 heavy (non-hydrogen) atoms. The van der Waals surface area contributed by atoms with Gasteiger partial charge in [-0.25, -0.2) is 9.59 Å². The molecule has 3 rings (SSSR count). The topological polar surface area (TPSA) is 65.7 Å². The molecule has 0 spiro atoms. The first-order chi connectivity index (χ1) is 12.1. The average molecular weight is 338 g/mol. The van der Waals surface area contributed by atoms with Gasteiger partial charge in [0.25, 0.3) is 0 Å². The van der Waals surface area contributed by atoms with Crippen LogP contribution in [0.15, 0.2) is 63.8 Å². The first kappa shape index (κ1) is 16.8. The van der Waals surface area contributed by atoms with Gasteiger partial charge >= 0.3 is 11.6 Å². The Kier molecular flexibility index (Phi) is 4.84. The van der Waals surface area contributed by atoms with Crippen molar-refractivity contribution in [1.82, 2.24) is 0 Å². The fourth-order valence-electron chi connectivity index (χ4n) is 2.61. The summed E-state index contributed by atoms with van der Waals surface area (Å²) < 4.78 is 16.2. The van der Waals surface area contributed by atoms with E-state index in [1.54, 1.807) is 37.3 Å². The summed E-state index contributed by atoms with van der Waals surface area (Å²) in [7, 11) is 0. The summed E-state index contributed by atoms with van der Waals surface area (Å²) in [5.41, 5.74) is 1.50. The zero-order valence-electron chi connectivity index (χ0n) is 14.0. The Bertz CT molecular complexity index is 943. The minimum atomic E-state index is -0.893. The Morgan fingerprint density at radius 3 is 2.60 bits per heavy atom. The third-order valence-corrected chi connectivity index (χ3v) is 3.78. The highest BCUT2D eigenvalue weighted by molar-refractivity contribution is 5.82. The van der Waals surface area contributed by atoms with Crippen LogP contribution in [0.4, 0.5) is 0 Å². The normalized spacial score (nSPS) is 11.9. The molecule has 0 unspecified atom stereocenters. The van der Waals surface area contributed by atoms with Gasteiger partial charge in [0.05, 0.1) is 6.61 Å². The number of ether oxygens (including phenoxy) is 2. The summed E-state index contributed by atoms with van der Waals surface area (Å²) in [5.74, 6) is -0.0531. The largest absolute Gasteiger partial charge is 0.474 e. The standard InChI is InChI=1S/C20H18O5/c1-3-23-20(22)19(14-7-5-4-6-8-14)24-15-9-10-16-13(2)11-18(21)25-17(16)12-15/h4-12,19H,3H2,1-2H3/t19-/m1/s1. The van der Waals surface area contributed by atoms with Crippen LogP contribution in [0.2, 0.25) is 0 Å². The molecular weight excluding hydrogens is 320 g/mol. The predicted octanol–water partition coefficient (Wildman–Crippen LogP) is 3.78. The molecule has 0 aliphatic carbocycles. The molecule has 0 amide bonds. The number of benzene rings is 2. The van der Waals surface area contributed by atoms with Crippen molar-refractivity contribution in [2.75, 3.05) is 6.61 Å². The molecule has 0 bridgehead atoms. The van der Waals surface area contributed by atoms with Crippen LogP contribution in [0.5, 0.6) is 5.75 Å². The number of aryl methyl sites for hydroxylation is 1. The molecule has 128 valence electrons. The Balaban J connectivity index is 1.98. The van der Waals surface area contributed by atoms with E-state index in [1.165, 1.54) is 6.07 Å². The fourth-order valence-corrected chi connectivity index (χ4v) is 2.61. The molecule has 1 heterocycles. The van der Waals surface area contributed by atoms with E-state index >= 15 is 0 Å². The highest BCUT2D eigenvalue weighted by Gasteiger charge is 2.24. The van der Waals surface area contributed by atoms with Crippen LogP contribution < -0.4 is 10.4 Å². The quantitative estimate of drug-likeness (QED) is 0.523. The fraction of sp³-hybridized carbons (Fsp3) is 0.200. The molecular formula is C20H18O5. The SMILES string of the molecule is CCOC(=O)[C@H](Oc1ccc2c(C)cc(=O)oc2c1)c1ccccc1. The predicted molar refractivity (Wildman–Crippen MR) is 93.7 cm³/mol. The molecule has 0 aliphatic rings. The van der Waals surface area contributed by atoms with Crippen LogP contribution in [0.3, 0.4) is 0 Å². The van der Waals surface area contributed by atoms with Gasteiger partial charge in [0, 0.05) is 23.1 Å². The lowest BCUT2D eigenvalue weighted by molar-refractivity contribution is -0.151. The highest BCUT2D eigenvalue weighted by atomic mass is 16.6. The maximum absolute atomic E-state index is 12.3. The van der Waals surface area contributed by atoms with Crippen molar-refractivity contribution in [3.05, 3.63) is 76.1 Å². The molecule has 0 N–H and O–H groups in total. The highest BCUT2D eigenvalue weighted by Crippen LogP contribution is 2.27. The summed E-state index contributed by atoms with van der Waals surface area (Å²) in [6.07, 6.45) is -0.893. The van der Waals surface area contributed by atoms with Gasteiger partial charge in [-0.2, -0.15) is 0 Å². The van der Waals surface area contributed by atoms with E-state index in [9.17, 15) is 9.59 Å². The summed E-state index contributed by atoms with van der Waals surface area (Å²) in [6, 6.07) is 15.7. The lowest BCUT2D eigenvalue weighted by Crippen LogP contribution is -2.21. The first-order valence-electron chi connectivity index (χ1n) is 8.01. The molecule has 0 saturated heterocycles. The van der Waals surface area contributed by atoms with Gasteiger partial charge in [0.15, 0.2) is 0 Å². The van der Waals surface area contributed by atoms with Gasteiger partial charge in [0.1, 0.15) is 11.3 Å². The van der Waals surface area contributed by atoms with Crippen LogP contribution in [0.1, 0.15) is 24.2 Å². The Morgan fingerprint density at radius 2 is 1.88 bits per heavy atom. The van der Waals surface area contributed by atoms with E-state index < -0.39 is 17.7 Å². The molecule has 0 saturated carbocycles. The number of hydrogen-bond donors (Lipinski definition) is 0. The van der Waals surface area contributed by atoms with Gasteiger partial charge in [-0.1, -0.05) is 30.3 Å². The third kappa shape index (κ3) is 3.71. The molecule has 1 atom stereocenters. The minimum Gasteiger partial charge on any atom is -0.474 e. The second-order valence-electron chi connectivity index (χ2n) is 5.57. The van der Waals surface area contributed by atoms with Crippen molar-refractivity contribution in [1.29, 1.82) is 0 Å². The number of esters is 1. The molecule has 0 radical (unpaired) electrons. The maximum atomic E-state index is 12.3. The van der Waals surface area contributed by atoms with Crippen molar-refractivity contribution in [3.8, 4) is 5.75 Å². The second kappa shape index (κ2) is 7.21. The first-order valence-corrected chi connectivity index (χ1v) is 8.01. The van der Waals surface area contributed by atoms with Crippen molar-refractivity contribution in [2.45, 2.75) is 20.0 Å². The van der Waals surface area contributed by atoms with E-state index in [-0.39, 0.29) is 6.61 Å². The van der Waals surface area contributed by atoms with Crippen LogP contribution >= 0.6 is 0 Å². The maximum Gasteiger partial charge on any atom is 0.352 e. The Hall–Kier alpha value is -3.08. The summed E-state index contributed by atoms with van der Waals surface area (Å²) >= 11 is 0. The smallest absolute Gasteiger partial charge is 0.352 e. The van der Waals surface area contributed by atoms with Gasteiger partial charge in [-0.3, -0.25) is 0 Å². The number of rotatable bonds is 5. The summed E-state index contributed by atoms with van der Waals surface area (Å²) in [4.78, 5) is 23.9. The Morgan fingerprint density at radius 1 is 1.12 bits per heavy atom. The van der Waals surface area contributed by atoms with E-state index in [0.29, 0.717) is 16.9 Å². The van der Waals surface area contributed by atoms with Crippen LogP contribution in [0.25, 0.3) is 11.0 Å². The van der Waals surface area contributed by atoms with Crippen molar-refractivity contribution >= 4 is 16.9 Å². The van der Waals surface area contributed by atoms with Gasteiger partial charge < -0.3 is 13.9 Å². The van der Waals surface area contributed by atoms with E-state index in [0.717, 1.165) is 10.9 Å². The molecule has 5 nitrogen and oxygen atoms in total. The number of carbonyl (C=O) groups excluding carboxylic acids is 1. The number of hydrogen-bond acceptors (Lipinski definition) is 5. The molecule has 0 aliphatic heterocycles. The molecule has 0 fully saturated rings. The van der Waals surface area contributed by atoms with Crippen LogP contribution in [-0.2, 0) is 9.53 Å². The van der Waals surface area contributed by atoms with Crippen molar-refractivity contribution in [3.63, 3.8) is 0 Å². The van der Waals surface area contributed by atoms with Crippen molar-refractivity contribution < 1.29 is 18.7 Å². The molecule has 2 aromatic carbocycles. The van der Waals surface area contributed by atoms with Gasteiger partial charge in [0.2, 0.25) is 6.10 Å². The van der Waals surface area contributed by atoms with E-state index in [1.807, 2.05) is 25.1 Å². The Labute approximate surface area is 144 Å². The summed E-state index contributed by atoms with van der Waals surface area (Å²) in [6.45, 7) is 3.84. The summed E-state index contributed by atoms with van der Waals surface area (Å²) in [5, 5.41) is 0.819. The molecule has 5 heteroatoms. The van der Waals surface area contributed by atoms with E-state index in [4.69, 9.17) is 13.9 Å². The zero-order chi connectivity index (χ0) is 17.8. The number of carbonyl (C=O) groups is 1.